The predicted molar refractivity (Wildman–Crippen MR) is 59.5 cm³/mol. The minimum absolute atomic E-state index is 0. The number of imidazole rings is 1. The average Bonchev–Trinajstić information content (AvgIpc) is 2.73. The highest BCUT2D eigenvalue weighted by Crippen LogP contribution is 2.30. The molecule has 0 spiro atoms. The van der Waals surface area contributed by atoms with E-state index >= 15 is 0 Å². The van der Waals surface area contributed by atoms with Crippen molar-refractivity contribution in [2.75, 3.05) is 0 Å². The van der Waals surface area contributed by atoms with Crippen LogP contribution < -0.4 is 28.5 Å². The average molecular weight is 383 g/mol. The first-order valence-electron chi connectivity index (χ1n) is 5.53. The molecule has 19 heavy (non-hydrogen) atoms. The highest BCUT2D eigenvalue weighted by atomic mass is 127. The van der Waals surface area contributed by atoms with E-state index in [1.807, 2.05) is 6.07 Å². The molecular weight excluding hydrogens is 370 g/mol. The van der Waals surface area contributed by atoms with Crippen molar-refractivity contribution in [2.24, 2.45) is 7.05 Å². The highest BCUT2D eigenvalue weighted by Gasteiger charge is 2.35. The van der Waals surface area contributed by atoms with Gasteiger partial charge in [-0.1, -0.05) is 0 Å². The summed E-state index contributed by atoms with van der Waals surface area (Å²) in [4.78, 5) is 3.70. The van der Waals surface area contributed by atoms with E-state index in [9.17, 15) is 13.2 Å². The standard InChI is InChI=1S/C12H13F3N3.HI/c1-3-18-8-10(12(13,14)15)16-11(18)9-6-4-5-7-17(9)2;/h4-8H,3H2,1-2H3;1H/q+1;/p-1. The lowest BCUT2D eigenvalue weighted by atomic mass is 10.3. The number of aromatic nitrogens is 3. The van der Waals surface area contributed by atoms with E-state index in [2.05, 4.69) is 4.98 Å². The number of nitrogens with zero attached hydrogens (tertiary/aromatic N) is 3. The number of pyridine rings is 1. The number of aryl methyl sites for hydroxylation is 2. The zero-order chi connectivity index (χ0) is 13.3. The molecule has 3 nitrogen and oxygen atoms in total. The summed E-state index contributed by atoms with van der Waals surface area (Å²) < 4.78 is 41.2. The minimum Gasteiger partial charge on any atom is -1.00 e. The van der Waals surface area contributed by atoms with Crippen LogP contribution in [0.25, 0.3) is 11.5 Å². The Morgan fingerprint density at radius 3 is 2.53 bits per heavy atom. The fourth-order valence-corrected chi connectivity index (χ4v) is 1.75. The Kier molecular flexibility index (Phi) is 4.94. The summed E-state index contributed by atoms with van der Waals surface area (Å²) in [6.07, 6.45) is -1.60. The normalized spacial score (nSPS) is 11.2. The molecule has 2 heterocycles. The van der Waals surface area contributed by atoms with Gasteiger partial charge in [0, 0.05) is 24.9 Å². The number of rotatable bonds is 2. The topological polar surface area (TPSA) is 21.7 Å². The number of hydrogen-bond donors (Lipinski definition) is 0. The predicted octanol–water partition coefficient (Wildman–Crippen LogP) is -0.583. The van der Waals surface area contributed by atoms with Crippen molar-refractivity contribution in [3.05, 3.63) is 36.3 Å². The zero-order valence-electron chi connectivity index (χ0n) is 10.4. The van der Waals surface area contributed by atoms with Crippen LogP contribution in [0.3, 0.4) is 0 Å². The Hall–Kier alpha value is -1.12. The Balaban J connectivity index is 0.00000180. The molecule has 0 unspecified atom stereocenters. The van der Waals surface area contributed by atoms with E-state index in [0.717, 1.165) is 6.20 Å². The van der Waals surface area contributed by atoms with Gasteiger partial charge >= 0.3 is 6.18 Å². The van der Waals surface area contributed by atoms with Gasteiger partial charge in [-0.25, -0.2) is 4.98 Å². The maximum absolute atomic E-state index is 12.7. The van der Waals surface area contributed by atoms with Crippen molar-refractivity contribution in [1.29, 1.82) is 0 Å². The first-order valence-corrected chi connectivity index (χ1v) is 5.53. The van der Waals surface area contributed by atoms with Crippen LogP contribution in [0.5, 0.6) is 0 Å². The quantitative estimate of drug-likeness (QED) is 0.503. The van der Waals surface area contributed by atoms with E-state index in [1.165, 1.54) is 4.57 Å². The summed E-state index contributed by atoms with van der Waals surface area (Å²) >= 11 is 0. The summed E-state index contributed by atoms with van der Waals surface area (Å²) in [6, 6.07) is 5.33. The Morgan fingerprint density at radius 1 is 1.32 bits per heavy atom. The van der Waals surface area contributed by atoms with Gasteiger partial charge in [-0.15, -0.1) is 0 Å². The maximum atomic E-state index is 12.7. The second-order valence-electron chi connectivity index (χ2n) is 3.93. The van der Waals surface area contributed by atoms with E-state index in [1.54, 1.807) is 36.9 Å². The zero-order valence-corrected chi connectivity index (χ0v) is 12.6. The van der Waals surface area contributed by atoms with Crippen LogP contribution in [0.4, 0.5) is 13.2 Å². The van der Waals surface area contributed by atoms with E-state index in [-0.39, 0.29) is 24.0 Å². The lowest BCUT2D eigenvalue weighted by Gasteiger charge is -2.01. The Bertz CT molecular complexity index is 564. The molecule has 0 N–H and O–H groups in total. The monoisotopic (exact) mass is 383 g/mol. The molecule has 0 radical (unpaired) electrons. The molecule has 0 saturated carbocycles. The molecule has 2 aromatic heterocycles. The molecular formula is C12H13F3IN3. The number of halogens is 4. The Labute approximate surface area is 126 Å². The molecule has 0 bridgehead atoms. The second kappa shape index (κ2) is 5.89. The van der Waals surface area contributed by atoms with E-state index in [0.29, 0.717) is 18.1 Å². The van der Waals surface area contributed by atoms with Gasteiger partial charge in [-0.3, -0.25) is 0 Å². The van der Waals surface area contributed by atoms with Crippen molar-refractivity contribution in [3.8, 4) is 11.5 Å². The van der Waals surface area contributed by atoms with Gasteiger partial charge in [0.2, 0.25) is 11.5 Å². The molecule has 0 fully saturated rings. The number of alkyl halides is 3. The van der Waals surface area contributed by atoms with E-state index in [4.69, 9.17) is 0 Å². The number of hydrogen-bond acceptors (Lipinski definition) is 1. The molecule has 0 aliphatic carbocycles. The van der Waals surface area contributed by atoms with Crippen LogP contribution in [-0.4, -0.2) is 9.55 Å². The summed E-state index contributed by atoms with van der Waals surface area (Å²) in [7, 11) is 1.78. The fraction of sp³-hybridized carbons (Fsp3) is 0.333. The van der Waals surface area contributed by atoms with Gasteiger partial charge in [0.05, 0.1) is 0 Å². The van der Waals surface area contributed by atoms with Crippen molar-refractivity contribution < 1.29 is 41.7 Å². The van der Waals surface area contributed by atoms with Gasteiger partial charge in [0.25, 0.3) is 0 Å². The SMILES string of the molecule is CCn1cc(C(F)(F)F)nc1-c1cccc[n+]1C.[I-]. The van der Waals surface area contributed by atoms with Gasteiger partial charge in [-0.05, 0) is 13.0 Å². The van der Waals surface area contributed by atoms with Crippen LogP contribution >= 0.6 is 0 Å². The van der Waals surface area contributed by atoms with Crippen LogP contribution in [0.15, 0.2) is 30.6 Å². The van der Waals surface area contributed by atoms with Gasteiger partial charge in [0.1, 0.15) is 7.05 Å². The maximum Gasteiger partial charge on any atom is 0.434 e. The summed E-state index contributed by atoms with van der Waals surface area (Å²) in [6.45, 7) is 2.22. The van der Waals surface area contributed by atoms with Crippen molar-refractivity contribution in [2.45, 2.75) is 19.6 Å². The summed E-state index contributed by atoms with van der Waals surface area (Å²) in [5.74, 6) is 0.327. The smallest absolute Gasteiger partial charge is 0.434 e. The van der Waals surface area contributed by atoms with Crippen LogP contribution in [0, 0.1) is 0 Å². The molecule has 0 amide bonds. The van der Waals surface area contributed by atoms with Gasteiger partial charge in [-0.2, -0.15) is 17.7 Å². The largest absolute Gasteiger partial charge is 1.00 e. The third-order valence-electron chi connectivity index (χ3n) is 2.69. The molecule has 2 aromatic rings. The highest BCUT2D eigenvalue weighted by molar-refractivity contribution is 5.46. The van der Waals surface area contributed by atoms with Gasteiger partial charge in [0.15, 0.2) is 11.9 Å². The van der Waals surface area contributed by atoms with Crippen LogP contribution in [0.2, 0.25) is 0 Å². The molecule has 104 valence electrons. The molecule has 2 rings (SSSR count). The first-order chi connectivity index (χ1) is 8.43. The third kappa shape index (κ3) is 3.26. The summed E-state index contributed by atoms with van der Waals surface area (Å²) in [5, 5.41) is 0. The van der Waals surface area contributed by atoms with Gasteiger partial charge < -0.3 is 28.5 Å². The molecule has 0 aliphatic heterocycles. The first kappa shape index (κ1) is 15.9. The molecule has 0 atom stereocenters. The second-order valence-corrected chi connectivity index (χ2v) is 3.93. The van der Waals surface area contributed by atoms with Crippen molar-refractivity contribution in [3.63, 3.8) is 0 Å². The minimum atomic E-state index is -4.41. The molecule has 0 aromatic carbocycles. The Morgan fingerprint density at radius 2 is 2.00 bits per heavy atom. The van der Waals surface area contributed by atoms with Crippen molar-refractivity contribution >= 4 is 0 Å². The fourth-order valence-electron chi connectivity index (χ4n) is 1.75. The van der Waals surface area contributed by atoms with Crippen molar-refractivity contribution in [1.82, 2.24) is 9.55 Å². The van der Waals surface area contributed by atoms with Crippen LogP contribution in [-0.2, 0) is 19.8 Å². The van der Waals surface area contributed by atoms with Crippen LogP contribution in [0.1, 0.15) is 12.6 Å². The molecule has 0 aliphatic rings. The molecule has 0 saturated heterocycles. The lowest BCUT2D eigenvalue weighted by molar-refractivity contribution is -0.660. The summed E-state index contributed by atoms with van der Waals surface area (Å²) in [5.41, 5.74) is -0.210. The molecule has 7 heteroatoms. The third-order valence-corrected chi connectivity index (χ3v) is 2.69. The van der Waals surface area contributed by atoms with E-state index < -0.39 is 11.9 Å². The lowest BCUT2D eigenvalue weighted by Crippen LogP contribution is -3.00.